The minimum atomic E-state index is -3.75. The molecular formula is C96H152N8O16. The Morgan fingerprint density at radius 3 is 0.892 bits per heavy atom. The zero-order valence-corrected chi connectivity index (χ0v) is 71.3. The normalized spacial score (nSPS) is 35.0. The van der Waals surface area contributed by atoms with E-state index >= 15 is 0 Å². The van der Waals surface area contributed by atoms with Gasteiger partial charge in [-0.1, -0.05) is 110 Å². The van der Waals surface area contributed by atoms with Gasteiger partial charge in [0.15, 0.2) is 46.0 Å². The SMILES string of the molecule is [2H]C([2H])([2H])Oc1cc2c(cc1OC)C1([2H])CC(OC(=O)[C@@]([2H])(N)C([2H])(C([2H])([2H])[2H])C([2H])([2H])[2H])C(CC(C)C)CN1CC2.[2H]C([2H])([2H])Oc1cc2c(cc1OC)C1CC([2H])(OC(=O)[C@@]([2H])(N)C([2H])(C([2H])([2H])[2H])C([2H])([2H])[2H])C(CC(C)C)CN1CC2.[2H]C12CC(OC(=O)[C@@]([2H])(N)C([2H])(C([2H])([2H])[2H])C([2H])([2H])[2H])C(CC(C)C)CN1CCc1cc(OC)c(OC)cc12.[2H]C12CC(OC(=O)[C@@]([2H])(N)C([2H])(C([2H])([2H])[2H])C([2H])([2H])[2H])C(CC(C)C)CN1CCc1cc(OC)c(OC)cc12. The standard InChI is InChI=1S/4C24H38N2O4/c4*1-14(2)9-17-13-26-8-7-16-10-21(28-5)22(29-6)11-18(16)19(26)12-20(17)30-24(27)23(25)15(3)4/h4*10-11,14-15,17,19-20,23H,7-9,12-13,25H2,1-6H3/t4*17?,19?,20?,23-/m0000/s1/i3D3,4D3,5D3,15D,20D,23D;3D3,4D3,5D3,15D,19D,23D;2*3D3,4D3,15D,19D,23D. The van der Waals surface area contributed by atoms with E-state index < -0.39 is 195 Å². The van der Waals surface area contributed by atoms with Crippen LogP contribution in [0.2, 0.25) is 0 Å². The van der Waals surface area contributed by atoms with Crippen molar-refractivity contribution in [2.45, 2.75) is 260 Å². The number of hydrogen-bond acceptors (Lipinski definition) is 24. The van der Waals surface area contributed by atoms with Crippen LogP contribution in [0.15, 0.2) is 48.5 Å². The second-order valence-electron chi connectivity index (χ2n) is 33.1. The number of ether oxygens (including phenoxy) is 12. The molecule has 4 aromatic rings. The van der Waals surface area contributed by atoms with Gasteiger partial charge in [0.05, 0.1) is 75.9 Å². The number of piperidine rings is 4. The van der Waals surface area contributed by atoms with Crippen molar-refractivity contribution in [3.63, 3.8) is 0 Å². The van der Waals surface area contributed by atoms with E-state index in [0.29, 0.717) is 141 Å². The van der Waals surface area contributed by atoms with Crippen LogP contribution >= 0.6 is 0 Å². The van der Waals surface area contributed by atoms with Gasteiger partial charge in [0.2, 0.25) is 0 Å². The summed E-state index contributed by atoms with van der Waals surface area (Å²) in [4.78, 5) is 61.4. The zero-order chi connectivity index (χ0) is 124. The lowest BCUT2D eigenvalue weighted by Crippen LogP contribution is -2.51. The maximum Gasteiger partial charge on any atom is 0.323 e. The molecule has 4 fully saturated rings. The largest absolute Gasteiger partial charge is 0.493 e. The van der Waals surface area contributed by atoms with Crippen LogP contribution in [0.3, 0.4) is 0 Å². The second-order valence-corrected chi connectivity index (χ2v) is 33.1. The van der Waals surface area contributed by atoms with Crippen molar-refractivity contribution in [2.24, 2.45) is 93.9 Å². The quantitative estimate of drug-likeness (QED) is 0.0303. The number of nitrogens with two attached hydrogens (primary N) is 4. The topological polar surface area (TPSA) is 296 Å². The maximum atomic E-state index is 13.4. The summed E-state index contributed by atoms with van der Waals surface area (Å²) in [6.45, 7) is -9.99. The summed E-state index contributed by atoms with van der Waals surface area (Å²) in [5, 5.41) is 0. The lowest BCUT2D eigenvalue weighted by molar-refractivity contribution is -0.161. The molecule has 0 saturated carbocycles. The number of methoxy groups -OCH3 is 8. The third-order valence-electron chi connectivity index (χ3n) is 23.2. The van der Waals surface area contributed by atoms with E-state index in [1.165, 1.54) is 54.8 Å². The molecule has 0 amide bonds. The van der Waals surface area contributed by atoms with Crippen molar-refractivity contribution in [3.8, 4) is 46.0 Å². The second kappa shape index (κ2) is 43.9. The molecule has 8 aliphatic heterocycles. The molecular weight excluding hydrogens is 1520 g/mol. The first-order valence-electron chi connectivity index (χ1n) is 61.6. The van der Waals surface area contributed by atoms with Crippen molar-refractivity contribution in [1.29, 1.82) is 0 Å². The molecule has 0 radical (unpaired) electrons. The monoisotopic (exact) mass is 1720 g/mol. The first-order chi connectivity index (χ1) is 73.2. The van der Waals surface area contributed by atoms with Gasteiger partial charge in [-0.2, -0.15) is 0 Å². The highest BCUT2D eigenvalue weighted by molar-refractivity contribution is 5.77. The lowest BCUT2D eigenvalue weighted by Gasteiger charge is -2.47. The van der Waals surface area contributed by atoms with Crippen molar-refractivity contribution in [1.82, 2.24) is 19.6 Å². The molecule has 24 heteroatoms. The van der Waals surface area contributed by atoms with Crippen LogP contribution in [-0.4, -0.2) is 201 Å². The van der Waals surface area contributed by atoms with Crippen LogP contribution < -0.4 is 60.8 Å². The molecule has 4 aromatic carbocycles. The molecule has 0 aromatic heterocycles. The van der Waals surface area contributed by atoms with Gasteiger partial charge in [-0.05, 0) is 192 Å². The molecule has 8 heterocycles. The van der Waals surface area contributed by atoms with Gasteiger partial charge < -0.3 is 79.8 Å². The third kappa shape index (κ3) is 23.8. The van der Waals surface area contributed by atoms with Gasteiger partial charge in [0.25, 0.3) is 0 Å². The van der Waals surface area contributed by atoms with Crippen LogP contribution in [0, 0.1) is 70.9 Å². The number of rotatable bonds is 28. The minimum absolute atomic E-state index is 0.0185. The van der Waals surface area contributed by atoms with E-state index in [-0.39, 0.29) is 103 Å². The molecule has 12 unspecified atom stereocenters. The van der Waals surface area contributed by atoms with E-state index in [9.17, 15) is 24.7 Å². The average molecular weight is 1720 g/mol. The smallest absolute Gasteiger partial charge is 0.323 e. The van der Waals surface area contributed by atoms with E-state index in [1.54, 1.807) is 24.3 Å². The van der Waals surface area contributed by atoms with E-state index in [2.05, 4.69) is 4.90 Å². The van der Waals surface area contributed by atoms with Crippen molar-refractivity contribution in [3.05, 3.63) is 93.0 Å². The predicted molar refractivity (Wildman–Crippen MR) is 471 cm³/mol. The number of fused-ring (bicyclic) bond motifs is 12. The number of benzene rings is 4. The Morgan fingerprint density at radius 1 is 0.358 bits per heavy atom. The molecule has 8 N–H and O–H groups in total. The molecule has 4 saturated heterocycles. The first kappa shape index (κ1) is 53.2. The number of carbonyl (C=O) groups is 4. The minimum Gasteiger partial charge on any atom is -0.493 e. The molecule has 0 spiro atoms. The third-order valence-corrected chi connectivity index (χ3v) is 23.2. The van der Waals surface area contributed by atoms with Gasteiger partial charge in [-0.15, -0.1) is 0 Å². The summed E-state index contributed by atoms with van der Waals surface area (Å²) < 4.78 is 399. The number of carbonyl (C=O) groups excluding carboxylic acids is 4. The number of nitrogens with zero attached hydrogens (tertiary/aromatic N) is 4. The molecule has 0 aliphatic carbocycles. The highest BCUT2D eigenvalue weighted by atomic mass is 16.6. The summed E-state index contributed by atoms with van der Waals surface area (Å²) >= 11 is 0. The molecule has 8 aliphatic rings. The zero-order valence-electron chi connectivity index (χ0n) is 113. The van der Waals surface area contributed by atoms with Crippen molar-refractivity contribution < 1.29 is 134 Å². The fourth-order valence-electron chi connectivity index (χ4n) is 17.6. The van der Waals surface area contributed by atoms with Gasteiger partial charge in [-0.25, -0.2) is 0 Å². The van der Waals surface area contributed by atoms with Crippen LogP contribution in [0.25, 0.3) is 0 Å². The number of esters is 4. The van der Waals surface area contributed by atoms with Gasteiger partial charge in [0, 0.05) is 164 Å². The van der Waals surface area contributed by atoms with Crippen LogP contribution in [0.5, 0.6) is 46.0 Å². The van der Waals surface area contributed by atoms with E-state index in [4.69, 9.17) is 132 Å². The molecule has 0 bridgehead atoms. The van der Waals surface area contributed by atoms with E-state index in [1.807, 2.05) is 82.2 Å². The van der Waals surface area contributed by atoms with Crippen LogP contribution in [0.4, 0.5) is 0 Å². The Morgan fingerprint density at radius 2 is 0.608 bits per heavy atom. The summed E-state index contributed by atoms with van der Waals surface area (Å²) in [6.07, 6.45) is -1.12. The highest BCUT2D eigenvalue weighted by Crippen LogP contribution is 2.50. The average Bonchev–Trinajstić information content (AvgIpc) is 0.719. The van der Waals surface area contributed by atoms with Gasteiger partial charge >= 0.3 is 23.9 Å². The van der Waals surface area contributed by atoms with Gasteiger partial charge in [-0.3, -0.25) is 38.8 Å². The lowest BCUT2D eigenvalue weighted by atomic mass is 9.79. The molecule has 16 atom stereocenters. The summed E-state index contributed by atoms with van der Waals surface area (Å²) in [5.41, 5.74) is 28.6. The fourth-order valence-corrected chi connectivity index (χ4v) is 17.6. The summed E-state index contributed by atoms with van der Waals surface area (Å²) in [6, 6.07) is -5.50. The Labute approximate surface area is 777 Å². The van der Waals surface area contributed by atoms with E-state index in [0.717, 1.165) is 16.7 Å². The van der Waals surface area contributed by atoms with Crippen molar-refractivity contribution >= 4 is 23.9 Å². The molecule has 12 rings (SSSR count). The Bertz CT molecular complexity index is 5650. The number of hydrogen-bond donors (Lipinski definition) is 4. The fraction of sp³-hybridized carbons (Fsp3) is 0.708. The molecule has 24 nitrogen and oxygen atoms in total. The highest BCUT2D eigenvalue weighted by Gasteiger charge is 2.47. The summed E-state index contributed by atoms with van der Waals surface area (Å²) in [7, 11) is 3.24. The molecule has 120 heavy (non-hydrogen) atoms. The molecule has 672 valence electrons. The Kier molecular flexibility index (Phi) is 19.5. The van der Waals surface area contributed by atoms with Crippen molar-refractivity contribution in [2.75, 3.05) is 109 Å². The van der Waals surface area contributed by atoms with Crippen LogP contribution in [-0.2, 0) is 63.8 Å². The van der Waals surface area contributed by atoms with Crippen LogP contribution in [0.1, 0.15) is 288 Å². The first-order valence-corrected chi connectivity index (χ1v) is 40.6. The predicted octanol–water partition coefficient (Wildman–Crippen LogP) is 14.3. The Hall–Kier alpha value is -7.16. The Balaban J connectivity index is 0.000000238. The maximum absolute atomic E-state index is 13.4. The summed E-state index contributed by atoms with van der Waals surface area (Å²) in [5.74, 6) is -20.5. The van der Waals surface area contributed by atoms with Gasteiger partial charge in [0.1, 0.15) is 48.5 Å².